The van der Waals surface area contributed by atoms with Crippen molar-refractivity contribution in [3.05, 3.63) is 52.5 Å². The zero-order chi connectivity index (χ0) is 18.2. The SMILES string of the molecule is CCOc1cc(/C=N\NC(=O)[C@@H](C)Oc2cccc(Br)c2)ccc1O. The molecule has 0 aliphatic heterocycles. The number of carbonyl (C=O) groups excluding carboxylic acids is 1. The molecule has 2 N–H and O–H groups in total. The fourth-order valence-corrected chi connectivity index (χ4v) is 2.32. The zero-order valence-corrected chi connectivity index (χ0v) is 15.5. The lowest BCUT2D eigenvalue weighted by Crippen LogP contribution is -2.33. The van der Waals surface area contributed by atoms with Crippen molar-refractivity contribution >= 4 is 28.1 Å². The van der Waals surface area contributed by atoms with E-state index in [-0.39, 0.29) is 11.7 Å². The number of carbonyl (C=O) groups is 1. The summed E-state index contributed by atoms with van der Waals surface area (Å²) in [4.78, 5) is 12.0. The van der Waals surface area contributed by atoms with Gasteiger partial charge in [0, 0.05) is 4.47 Å². The molecule has 132 valence electrons. The first kappa shape index (κ1) is 18.8. The summed E-state index contributed by atoms with van der Waals surface area (Å²) in [7, 11) is 0. The molecule has 1 atom stereocenters. The number of benzene rings is 2. The lowest BCUT2D eigenvalue weighted by atomic mass is 10.2. The van der Waals surface area contributed by atoms with Crippen LogP contribution in [0.3, 0.4) is 0 Å². The summed E-state index contributed by atoms with van der Waals surface area (Å²) in [5.74, 6) is 0.629. The second-order valence-corrected chi connectivity index (χ2v) is 6.03. The Balaban J connectivity index is 1.92. The highest BCUT2D eigenvalue weighted by atomic mass is 79.9. The molecule has 25 heavy (non-hydrogen) atoms. The fourth-order valence-electron chi connectivity index (χ4n) is 1.94. The molecule has 0 aliphatic rings. The average molecular weight is 407 g/mol. The quantitative estimate of drug-likeness (QED) is 0.544. The van der Waals surface area contributed by atoms with Crippen LogP contribution >= 0.6 is 15.9 Å². The van der Waals surface area contributed by atoms with Crippen molar-refractivity contribution in [3.8, 4) is 17.2 Å². The zero-order valence-electron chi connectivity index (χ0n) is 13.9. The van der Waals surface area contributed by atoms with E-state index in [1.54, 1.807) is 31.2 Å². The molecule has 0 heterocycles. The summed E-state index contributed by atoms with van der Waals surface area (Å²) < 4.78 is 11.7. The predicted octanol–water partition coefficient (Wildman–Crippen LogP) is 3.47. The molecule has 2 aromatic rings. The molecule has 0 aliphatic carbocycles. The number of hydrogen-bond acceptors (Lipinski definition) is 5. The van der Waals surface area contributed by atoms with E-state index in [1.807, 2.05) is 19.1 Å². The van der Waals surface area contributed by atoms with Crippen LogP contribution in [-0.2, 0) is 4.79 Å². The monoisotopic (exact) mass is 406 g/mol. The minimum atomic E-state index is -0.703. The third kappa shape index (κ3) is 5.79. The minimum Gasteiger partial charge on any atom is -0.504 e. The second kappa shape index (κ2) is 9.08. The molecular weight excluding hydrogens is 388 g/mol. The summed E-state index contributed by atoms with van der Waals surface area (Å²) in [5, 5.41) is 13.6. The molecule has 0 bridgehead atoms. The second-order valence-electron chi connectivity index (χ2n) is 5.11. The Morgan fingerprint density at radius 2 is 2.16 bits per heavy atom. The van der Waals surface area contributed by atoms with Crippen molar-refractivity contribution in [3.63, 3.8) is 0 Å². The maximum absolute atomic E-state index is 12.0. The van der Waals surface area contributed by atoms with Crippen molar-refractivity contribution in [1.29, 1.82) is 0 Å². The summed E-state index contributed by atoms with van der Waals surface area (Å²) >= 11 is 3.35. The molecule has 0 fully saturated rings. The topological polar surface area (TPSA) is 80.2 Å². The van der Waals surface area contributed by atoms with E-state index in [2.05, 4.69) is 26.5 Å². The number of phenols is 1. The highest BCUT2D eigenvalue weighted by Gasteiger charge is 2.14. The van der Waals surface area contributed by atoms with Gasteiger partial charge in [0.25, 0.3) is 5.91 Å². The number of halogens is 1. The van der Waals surface area contributed by atoms with Crippen molar-refractivity contribution in [1.82, 2.24) is 5.43 Å². The average Bonchev–Trinajstić information content (AvgIpc) is 2.58. The van der Waals surface area contributed by atoms with E-state index in [4.69, 9.17) is 9.47 Å². The number of rotatable bonds is 7. The van der Waals surface area contributed by atoms with Crippen LogP contribution in [0.1, 0.15) is 19.4 Å². The third-order valence-electron chi connectivity index (χ3n) is 3.15. The highest BCUT2D eigenvalue weighted by molar-refractivity contribution is 9.10. The maximum atomic E-state index is 12.0. The maximum Gasteiger partial charge on any atom is 0.280 e. The van der Waals surface area contributed by atoms with Crippen LogP contribution in [-0.4, -0.2) is 29.9 Å². The van der Waals surface area contributed by atoms with Gasteiger partial charge in [-0.05, 0) is 55.8 Å². The first-order chi connectivity index (χ1) is 12.0. The molecule has 1 amide bonds. The molecule has 0 unspecified atom stereocenters. The number of hydrogen-bond donors (Lipinski definition) is 2. The van der Waals surface area contributed by atoms with Crippen molar-refractivity contribution in [2.75, 3.05) is 6.61 Å². The van der Waals surface area contributed by atoms with Crippen molar-refractivity contribution in [2.24, 2.45) is 5.10 Å². The molecule has 0 saturated heterocycles. The number of hydrazone groups is 1. The van der Waals surface area contributed by atoms with Gasteiger partial charge in [0.1, 0.15) is 5.75 Å². The third-order valence-corrected chi connectivity index (χ3v) is 3.64. The lowest BCUT2D eigenvalue weighted by molar-refractivity contribution is -0.127. The van der Waals surface area contributed by atoms with Crippen molar-refractivity contribution < 1.29 is 19.4 Å². The van der Waals surface area contributed by atoms with Gasteiger partial charge in [-0.3, -0.25) is 4.79 Å². The van der Waals surface area contributed by atoms with Gasteiger partial charge < -0.3 is 14.6 Å². The Bertz CT molecular complexity index is 764. The van der Waals surface area contributed by atoms with E-state index >= 15 is 0 Å². The Morgan fingerprint density at radius 1 is 1.36 bits per heavy atom. The van der Waals surface area contributed by atoms with E-state index in [0.29, 0.717) is 23.7 Å². The fraction of sp³-hybridized carbons (Fsp3) is 0.222. The van der Waals surface area contributed by atoms with Gasteiger partial charge >= 0.3 is 0 Å². The molecule has 0 saturated carbocycles. The van der Waals surface area contributed by atoms with Crippen LogP contribution in [0, 0.1) is 0 Å². The molecule has 0 radical (unpaired) electrons. The Morgan fingerprint density at radius 3 is 2.88 bits per heavy atom. The molecule has 2 rings (SSSR count). The van der Waals surface area contributed by atoms with Crippen LogP contribution in [0.15, 0.2) is 52.0 Å². The number of amides is 1. The molecule has 6 nitrogen and oxygen atoms in total. The van der Waals surface area contributed by atoms with Gasteiger partial charge in [0.05, 0.1) is 12.8 Å². The summed E-state index contributed by atoms with van der Waals surface area (Å²) in [6, 6.07) is 12.0. The molecular formula is C18H19BrN2O4. The summed E-state index contributed by atoms with van der Waals surface area (Å²) in [6.45, 7) is 3.90. The smallest absolute Gasteiger partial charge is 0.280 e. The Kier molecular flexibility index (Phi) is 6.82. The first-order valence-corrected chi connectivity index (χ1v) is 8.50. The van der Waals surface area contributed by atoms with Crippen LogP contribution in [0.4, 0.5) is 0 Å². The van der Waals surface area contributed by atoms with E-state index in [0.717, 1.165) is 4.47 Å². The molecule has 7 heteroatoms. The van der Waals surface area contributed by atoms with E-state index in [1.165, 1.54) is 12.3 Å². The van der Waals surface area contributed by atoms with Gasteiger partial charge in [0.15, 0.2) is 17.6 Å². The van der Waals surface area contributed by atoms with Crippen LogP contribution < -0.4 is 14.9 Å². The van der Waals surface area contributed by atoms with Gasteiger partial charge in [-0.15, -0.1) is 0 Å². The summed E-state index contributed by atoms with van der Waals surface area (Å²) in [6.07, 6.45) is 0.761. The number of nitrogens with one attached hydrogen (secondary N) is 1. The highest BCUT2D eigenvalue weighted by Crippen LogP contribution is 2.26. The molecule has 0 spiro atoms. The van der Waals surface area contributed by atoms with Gasteiger partial charge in [0.2, 0.25) is 0 Å². The van der Waals surface area contributed by atoms with E-state index < -0.39 is 6.10 Å². The number of phenolic OH excluding ortho intramolecular Hbond substituents is 1. The Labute approximate surface area is 154 Å². The lowest BCUT2D eigenvalue weighted by Gasteiger charge is -2.13. The number of nitrogens with zero attached hydrogens (tertiary/aromatic N) is 1. The standard InChI is InChI=1S/C18H19BrN2O4/c1-3-24-17-9-13(7-8-16(17)22)11-20-21-18(23)12(2)25-15-6-4-5-14(19)10-15/h4-12,22H,3H2,1-2H3,(H,21,23)/b20-11-/t12-/m1/s1. The molecule has 0 aromatic heterocycles. The number of aromatic hydroxyl groups is 1. The molecule has 2 aromatic carbocycles. The van der Waals surface area contributed by atoms with Gasteiger partial charge in [-0.2, -0.15) is 5.10 Å². The predicted molar refractivity (Wildman–Crippen MR) is 99.2 cm³/mol. The van der Waals surface area contributed by atoms with Gasteiger partial charge in [-0.1, -0.05) is 22.0 Å². The summed E-state index contributed by atoms with van der Waals surface area (Å²) in [5.41, 5.74) is 3.10. The minimum absolute atomic E-state index is 0.0547. The van der Waals surface area contributed by atoms with Crippen molar-refractivity contribution in [2.45, 2.75) is 20.0 Å². The normalized spacial score (nSPS) is 12.0. The van der Waals surface area contributed by atoms with Crippen LogP contribution in [0.2, 0.25) is 0 Å². The van der Waals surface area contributed by atoms with Gasteiger partial charge in [-0.25, -0.2) is 5.43 Å². The number of ether oxygens (including phenoxy) is 2. The Hall–Kier alpha value is -2.54. The first-order valence-electron chi connectivity index (χ1n) is 7.70. The van der Waals surface area contributed by atoms with Crippen LogP contribution in [0.5, 0.6) is 17.2 Å². The van der Waals surface area contributed by atoms with E-state index in [9.17, 15) is 9.90 Å². The largest absolute Gasteiger partial charge is 0.504 e. The van der Waals surface area contributed by atoms with Crippen LogP contribution in [0.25, 0.3) is 0 Å².